The topological polar surface area (TPSA) is 60.4 Å². The molecule has 4 nitrogen and oxygen atoms in total. The molecule has 0 radical (unpaired) electrons. The number of carbonyl (C=O) groups is 3. The van der Waals surface area contributed by atoms with Gasteiger partial charge < -0.3 is 9.53 Å². The molecule has 13 heavy (non-hydrogen) atoms. The molecule has 4 heteroatoms. The van der Waals surface area contributed by atoms with Gasteiger partial charge in [0.15, 0.2) is 0 Å². The Morgan fingerprint density at radius 2 is 2.00 bits per heavy atom. The Morgan fingerprint density at radius 3 is 2.38 bits per heavy atom. The third kappa shape index (κ3) is 3.83. The lowest BCUT2D eigenvalue weighted by atomic mass is 9.99. The van der Waals surface area contributed by atoms with Gasteiger partial charge in [0.2, 0.25) is 0 Å². The predicted octanol–water partition coefficient (Wildman–Crippen LogP) is 0.734. The third-order valence-electron chi connectivity index (χ3n) is 1.64. The number of Topliss-reactive ketones (excluding diaryl/α,β-unsaturated/α-hetero) is 1. The molecule has 0 saturated heterocycles. The monoisotopic (exact) mass is 186 g/mol. The Kier molecular flexibility index (Phi) is 5.76. The number of aldehydes is 1. The maximum Gasteiger partial charge on any atom is 0.316 e. The van der Waals surface area contributed by atoms with Crippen molar-refractivity contribution in [3.63, 3.8) is 0 Å². The normalized spacial score (nSPS) is 11.8. The zero-order valence-electron chi connectivity index (χ0n) is 7.91. The van der Waals surface area contributed by atoms with Crippen molar-refractivity contribution in [2.45, 2.75) is 26.7 Å². The highest BCUT2D eigenvalue weighted by Gasteiger charge is 2.25. The smallest absolute Gasteiger partial charge is 0.316 e. The average Bonchev–Trinajstić information content (AvgIpc) is 2.13. The van der Waals surface area contributed by atoms with E-state index in [9.17, 15) is 14.4 Å². The number of carbonyl (C=O) groups excluding carboxylic acids is 3. The van der Waals surface area contributed by atoms with Crippen molar-refractivity contribution in [2.75, 3.05) is 6.61 Å². The summed E-state index contributed by atoms with van der Waals surface area (Å²) >= 11 is 0. The zero-order valence-corrected chi connectivity index (χ0v) is 7.91. The van der Waals surface area contributed by atoms with Gasteiger partial charge in [-0.3, -0.25) is 9.59 Å². The molecule has 0 bridgehead atoms. The fourth-order valence-corrected chi connectivity index (χ4v) is 0.945. The third-order valence-corrected chi connectivity index (χ3v) is 1.64. The number of rotatable bonds is 6. The minimum Gasteiger partial charge on any atom is -0.465 e. The quantitative estimate of drug-likeness (QED) is 0.348. The van der Waals surface area contributed by atoms with E-state index < -0.39 is 11.9 Å². The second-order valence-electron chi connectivity index (χ2n) is 2.53. The number of hydrogen-bond acceptors (Lipinski definition) is 4. The molecule has 0 aromatic rings. The first kappa shape index (κ1) is 11.8. The van der Waals surface area contributed by atoms with Crippen molar-refractivity contribution in [1.29, 1.82) is 0 Å². The Balaban J connectivity index is 4.30. The average molecular weight is 186 g/mol. The first-order valence-corrected chi connectivity index (χ1v) is 4.30. The van der Waals surface area contributed by atoms with Crippen LogP contribution in [0, 0.1) is 5.92 Å². The van der Waals surface area contributed by atoms with Crippen molar-refractivity contribution in [3.8, 4) is 0 Å². The van der Waals surface area contributed by atoms with E-state index in [4.69, 9.17) is 0 Å². The molecule has 0 fully saturated rings. The van der Waals surface area contributed by atoms with Crippen LogP contribution < -0.4 is 0 Å². The fourth-order valence-electron chi connectivity index (χ4n) is 0.945. The summed E-state index contributed by atoms with van der Waals surface area (Å²) in [6, 6.07) is 0. The number of ketones is 1. The van der Waals surface area contributed by atoms with E-state index in [0.29, 0.717) is 6.29 Å². The van der Waals surface area contributed by atoms with Crippen molar-refractivity contribution in [1.82, 2.24) is 0 Å². The van der Waals surface area contributed by atoms with Gasteiger partial charge in [0.25, 0.3) is 0 Å². The van der Waals surface area contributed by atoms with Gasteiger partial charge in [-0.25, -0.2) is 0 Å². The first-order valence-electron chi connectivity index (χ1n) is 4.30. The summed E-state index contributed by atoms with van der Waals surface area (Å²) in [4.78, 5) is 32.5. The molecule has 0 rings (SSSR count). The largest absolute Gasteiger partial charge is 0.465 e. The Morgan fingerprint density at radius 1 is 1.38 bits per heavy atom. The molecule has 0 saturated carbocycles. The lowest BCUT2D eigenvalue weighted by Crippen LogP contribution is -2.26. The first-order chi connectivity index (χ1) is 6.17. The maximum atomic E-state index is 11.2. The molecule has 74 valence electrons. The van der Waals surface area contributed by atoms with Crippen LogP contribution in [-0.4, -0.2) is 24.6 Å². The molecule has 0 N–H and O–H groups in total. The van der Waals surface area contributed by atoms with Gasteiger partial charge in [-0.05, 0) is 6.92 Å². The maximum absolute atomic E-state index is 11.2. The highest BCUT2D eigenvalue weighted by molar-refractivity contribution is 6.00. The van der Waals surface area contributed by atoms with Gasteiger partial charge in [0.1, 0.15) is 18.0 Å². The van der Waals surface area contributed by atoms with Crippen LogP contribution in [0.4, 0.5) is 0 Å². The van der Waals surface area contributed by atoms with Crippen LogP contribution in [0.25, 0.3) is 0 Å². The molecule has 0 aliphatic rings. The molecule has 0 heterocycles. The standard InChI is InChI=1S/C9H14O4/c1-3-8(11)7(5-6-10)9(12)13-4-2/h6-7H,3-5H2,1-2H3. The van der Waals surface area contributed by atoms with Crippen molar-refractivity contribution in [2.24, 2.45) is 5.92 Å². The molecular weight excluding hydrogens is 172 g/mol. The molecular formula is C9H14O4. The molecule has 1 unspecified atom stereocenters. The minimum absolute atomic E-state index is 0.0779. The Labute approximate surface area is 77.3 Å². The van der Waals surface area contributed by atoms with Crippen LogP contribution in [0.2, 0.25) is 0 Å². The van der Waals surface area contributed by atoms with Gasteiger partial charge in [-0.1, -0.05) is 6.92 Å². The molecule has 0 spiro atoms. The molecule has 0 aliphatic heterocycles. The van der Waals surface area contributed by atoms with Crippen LogP contribution in [0.15, 0.2) is 0 Å². The highest BCUT2D eigenvalue weighted by atomic mass is 16.5. The van der Waals surface area contributed by atoms with Gasteiger partial charge >= 0.3 is 5.97 Å². The summed E-state index contributed by atoms with van der Waals surface area (Å²) in [6.45, 7) is 3.54. The summed E-state index contributed by atoms with van der Waals surface area (Å²) in [5.74, 6) is -1.74. The fraction of sp³-hybridized carbons (Fsp3) is 0.667. The van der Waals surface area contributed by atoms with E-state index >= 15 is 0 Å². The van der Waals surface area contributed by atoms with Crippen molar-refractivity contribution < 1.29 is 19.1 Å². The van der Waals surface area contributed by atoms with Crippen LogP contribution in [0.3, 0.4) is 0 Å². The molecule has 0 aromatic heterocycles. The van der Waals surface area contributed by atoms with E-state index in [2.05, 4.69) is 4.74 Å². The molecule has 0 amide bonds. The van der Waals surface area contributed by atoms with Crippen LogP contribution in [0.5, 0.6) is 0 Å². The van der Waals surface area contributed by atoms with E-state index in [1.807, 2.05) is 0 Å². The van der Waals surface area contributed by atoms with E-state index in [1.54, 1.807) is 13.8 Å². The number of hydrogen-bond donors (Lipinski definition) is 0. The predicted molar refractivity (Wildman–Crippen MR) is 46.1 cm³/mol. The minimum atomic E-state index is -0.901. The summed E-state index contributed by atoms with van der Waals surface area (Å²) in [7, 11) is 0. The molecule has 0 aliphatic carbocycles. The SMILES string of the molecule is CCOC(=O)C(CC=O)C(=O)CC. The van der Waals surface area contributed by atoms with Crippen molar-refractivity contribution in [3.05, 3.63) is 0 Å². The van der Waals surface area contributed by atoms with E-state index in [1.165, 1.54) is 0 Å². The second kappa shape index (κ2) is 6.34. The summed E-state index contributed by atoms with van der Waals surface area (Å²) in [5.41, 5.74) is 0. The molecule has 0 aromatic carbocycles. The van der Waals surface area contributed by atoms with E-state index in [-0.39, 0.29) is 25.2 Å². The van der Waals surface area contributed by atoms with Gasteiger partial charge in [0, 0.05) is 12.8 Å². The Bertz CT molecular complexity index is 198. The van der Waals surface area contributed by atoms with Crippen LogP contribution in [0.1, 0.15) is 26.7 Å². The zero-order chi connectivity index (χ0) is 10.3. The van der Waals surface area contributed by atoms with Gasteiger partial charge in [-0.2, -0.15) is 0 Å². The second-order valence-corrected chi connectivity index (χ2v) is 2.53. The highest BCUT2D eigenvalue weighted by Crippen LogP contribution is 2.08. The van der Waals surface area contributed by atoms with Crippen LogP contribution >= 0.6 is 0 Å². The Hall–Kier alpha value is -1.19. The van der Waals surface area contributed by atoms with Crippen molar-refractivity contribution >= 4 is 18.0 Å². The van der Waals surface area contributed by atoms with Gasteiger partial charge in [0.05, 0.1) is 6.61 Å². The summed E-state index contributed by atoms with van der Waals surface area (Å²) in [6.07, 6.45) is 0.734. The number of ether oxygens (including phenoxy) is 1. The summed E-state index contributed by atoms with van der Waals surface area (Å²) in [5, 5.41) is 0. The van der Waals surface area contributed by atoms with E-state index in [0.717, 1.165) is 0 Å². The number of esters is 1. The van der Waals surface area contributed by atoms with Gasteiger partial charge in [-0.15, -0.1) is 0 Å². The van der Waals surface area contributed by atoms with Crippen LogP contribution in [-0.2, 0) is 19.1 Å². The lowest BCUT2D eigenvalue weighted by molar-refractivity contribution is -0.152. The summed E-state index contributed by atoms with van der Waals surface area (Å²) < 4.78 is 4.66. The molecule has 1 atom stereocenters. The lowest BCUT2D eigenvalue weighted by Gasteiger charge is -2.09.